The zero-order chi connectivity index (χ0) is 13.3. The molecule has 0 aromatic carbocycles. The van der Waals surface area contributed by atoms with Crippen molar-refractivity contribution in [2.24, 2.45) is 4.99 Å². The van der Waals surface area contributed by atoms with Crippen LogP contribution in [-0.4, -0.2) is 45.8 Å². The van der Waals surface area contributed by atoms with Gasteiger partial charge in [0.05, 0.1) is 12.0 Å². The molecule has 0 bridgehead atoms. The number of nitrogens with zero attached hydrogens (tertiary/aromatic N) is 4. The molecule has 2 heterocycles. The molecule has 0 radical (unpaired) electrons. The lowest BCUT2D eigenvalue weighted by atomic mass is 10.3. The fourth-order valence-corrected chi connectivity index (χ4v) is 1.60. The van der Waals surface area contributed by atoms with Crippen molar-refractivity contribution in [3.63, 3.8) is 0 Å². The maximum absolute atomic E-state index is 10.9. The number of imidazole rings is 1. The van der Waals surface area contributed by atoms with Gasteiger partial charge in [-0.05, 0) is 19.1 Å². The Labute approximate surface area is 104 Å². The van der Waals surface area contributed by atoms with Gasteiger partial charge in [-0.15, -0.1) is 0 Å². The van der Waals surface area contributed by atoms with E-state index in [0.717, 1.165) is 11.4 Å². The van der Waals surface area contributed by atoms with Gasteiger partial charge in [0.15, 0.2) is 5.69 Å². The Bertz CT molecular complexity index is 628. The van der Waals surface area contributed by atoms with Gasteiger partial charge < -0.3 is 14.4 Å². The van der Waals surface area contributed by atoms with E-state index in [9.17, 15) is 4.79 Å². The van der Waals surface area contributed by atoms with E-state index in [4.69, 9.17) is 5.11 Å². The SMILES string of the molecule is Cc1c(N=CN(C)C)ccc2nc(C(=O)O)cn12. The molecule has 0 saturated carbocycles. The van der Waals surface area contributed by atoms with Crippen molar-refractivity contribution in [3.8, 4) is 0 Å². The second-order valence-corrected chi connectivity index (χ2v) is 4.17. The zero-order valence-electron chi connectivity index (χ0n) is 10.5. The summed E-state index contributed by atoms with van der Waals surface area (Å²) >= 11 is 0. The third-order valence-electron chi connectivity index (χ3n) is 2.50. The number of aryl methyl sites for hydroxylation is 1. The zero-order valence-corrected chi connectivity index (χ0v) is 10.5. The summed E-state index contributed by atoms with van der Waals surface area (Å²) in [5.41, 5.74) is 2.27. The van der Waals surface area contributed by atoms with E-state index in [2.05, 4.69) is 9.98 Å². The molecule has 0 aliphatic carbocycles. The Morgan fingerprint density at radius 1 is 1.50 bits per heavy atom. The molecule has 0 aliphatic rings. The average molecular weight is 246 g/mol. The Morgan fingerprint density at radius 2 is 2.22 bits per heavy atom. The molecule has 94 valence electrons. The van der Waals surface area contributed by atoms with Crippen molar-refractivity contribution in [2.45, 2.75) is 6.92 Å². The van der Waals surface area contributed by atoms with Gasteiger partial charge in [-0.2, -0.15) is 0 Å². The molecule has 0 spiro atoms. The number of hydrogen-bond donors (Lipinski definition) is 1. The number of pyridine rings is 1. The summed E-state index contributed by atoms with van der Waals surface area (Å²) in [5, 5.41) is 8.91. The van der Waals surface area contributed by atoms with Gasteiger partial charge in [0.1, 0.15) is 5.65 Å². The second-order valence-electron chi connectivity index (χ2n) is 4.17. The number of rotatable bonds is 3. The second kappa shape index (κ2) is 4.48. The van der Waals surface area contributed by atoms with E-state index in [-0.39, 0.29) is 5.69 Å². The maximum atomic E-state index is 10.9. The molecule has 2 rings (SSSR count). The molecule has 0 fully saturated rings. The lowest BCUT2D eigenvalue weighted by Gasteiger charge is -2.06. The first kappa shape index (κ1) is 12.1. The summed E-state index contributed by atoms with van der Waals surface area (Å²) in [7, 11) is 3.77. The first-order valence-electron chi connectivity index (χ1n) is 5.41. The van der Waals surface area contributed by atoms with Crippen molar-refractivity contribution in [1.29, 1.82) is 0 Å². The van der Waals surface area contributed by atoms with E-state index in [1.54, 1.807) is 16.8 Å². The highest BCUT2D eigenvalue weighted by Gasteiger charge is 2.10. The minimum absolute atomic E-state index is 0.0341. The lowest BCUT2D eigenvalue weighted by molar-refractivity contribution is 0.0691. The highest BCUT2D eigenvalue weighted by molar-refractivity contribution is 5.86. The van der Waals surface area contributed by atoms with E-state index >= 15 is 0 Å². The van der Waals surface area contributed by atoms with Gasteiger partial charge in [-0.1, -0.05) is 0 Å². The predicted octanol–water partition coefficient (Wildman–Crippen LogP) is 1.56. The minimum Gasteiger partial charge on any atom is -0.476 e. The number of fused-ring (bicyclic) bond motifs is 1. The molecule has 18 heavy (non-hydrogen) atoms. The fourth-order valence-electron chi connectivity index (χ4n) is 1.60. The Kier molecular flexibility index (Phi) is 3.01. The number of carboxylic acids is 1. The summed E-state index contributed by atoms with van der Waals surface area (Å²) in [6.07, 6.45) is 3.20. The molecule has 2 aromatic heterocycles. The molecule has 2 aromatic rings. The Morgan fingerprint density at radius 3 is 2.83 bits per heavy atom. The predicted molar refractivity (Wildman–Crippen MR) is 68.7 cm³/mol. The van der Waals surface area contributed by atoms with Gasteiger partial charge in [-0.3, -0.25) is 0 Å². The van der Waals surface area contributed by atoms with Crippen LogP contribution in [0.25, 0.3) is 5.65 Å². The van der Waals surface area contributed by atoms with Gasteiger partial charge in [0.25, 0.3) is 0 Å². The highest BCUT2D eigenvalue weighted by Crippen LogP contribution is 2.20. The average Bonchev–Trinajstić information content (AvgIpc) is 2.73. The lowest BCUT2D eigenvalue weighted by Crippen LogP contribution is -2.07. The van der Waals surface area contributed by atoms with Crippen LogP contribution >= 0.6 is 0 Å². The highest BCUT2D eigenvalue weighted by atomic mass is 16.4. The monoisotopic (exact) mass is 246 g/mol. The van der Waals surface area contributed by atoms with Crippen molar-refractivity contribution in [3.05, 3.63) is 29.7 Å². The van der Waals surface area contributed by atoms with Crippen molar-refractivity contribution >= 4 is 23.6 Å². The summed E-state index contributed by atoms with van der Waals surface area (Å²) < 4.78 is 1.73. The van der Waals surface area contributed by atoms with E-state index in [0.29, 0.717) is 5.65 Å². The molecular formula is C12H14N4O2. The van der Waals surface area contributed by atoms with Crippen molar-refractivity contribution < 1.29 is 9.90 Å². The van der Waals surface area contributed by atoms with Crippen LogP contribution in [-0.2, 0) is 0 Å². The van der Waals surface area contributed by atoms with E-state index in [1.807, 2.05) is 32.0 Å². The number of aromatic nitrogens is 2. The van der Waals surface area contributed by atoms with Crippen LogP contribution in [0.2, 0.25) is 0 Å². The number of aliphatic imine (C=N–C) groups is 1. The minimum atomic E-state index is -1.03. The number of carboxylic acid groups (broad SMARTS) is 1. The topological polar surface area (TPSA) is 70.2 Å². The van der Waals surface area contributed by atoms with Crippen LogP contribution in [0.1, 0.15) is 16.2 Å². The van der Waals surface area contributed by atoms with Crippen LogP contribution in [0, 0.1) is 6.92 Å². The van der Waals surface area contributed by atoms with Crippen LogP contribution in [0.5, 0.6) is 0 Å². The Hall–Kier alpha value is -2.37. The molecule has 0 aliphatic heterocycles. The molecule has 6 heteroatoms. The first-order chi connectivity index (χ1) is 8.49. The van der Waals surface area contributed by atoms with Crippen LogP contribution in [0.4, 0.5) is 5.69 Å². The molecule has 0 unspecified atom stereocenters. The molecule has 0 atom stereocenters. The fraction of sp³-hybridized carbons (Fsp3) is 0.250. The number of hydrogen-bond acceptors (Lipinski definition) is 3. The normalized spacial score (nSPS) is 11.3. The molecular weight excluding hydrogens is 232 g/mol. The van der Waals surface area contributed by atoms with Gasteiger partial charge in [-0.25, -0.2) is 14.8 Å². The largest absolute Gasteiger partial charge is 0.476 e. The van der Waals surface area contributed by atoms with Gasteiger partial charge >= 0.3 is 5.97 Å². The summed E-state index contributed by atoms with van der Waals surface area (Å²) in [4.78, 5) is 21.0. The van der Waals surface area contributed by atoms with Crippen LogP contribution in [0.3, 0.4) is 0 Å². The van der Waals surface area contributed by atoms with Gasteiger partial charge in [0, 0.05) is 26.0 Å². The summed E-state index contributed by atoms with van der Waals surface area (Å²) in [6, 6.07) is 3.57. The first-order valence-corrected chi connectivity index (χ1v) is 5.41. The van der Waals surface area contributed by atoms with Crippen molar-refractivity contribution in [2.75, 3.05) is 14.1 Å². The molecule has 6 nitrogen and oxygen atoms in total. The Balaban J connectivity index is 2.53. The molecule has 0 saturated heterocycles. The third-order valence-corrected chi connectivity index (χ3v) is 2.50. The summed E-state index contributed by atoms with van der Waals surface area (Å²) in [5.74, 6) is -1.03. The number of carbonyl (C=O) groups is 1. The van der Waals surface area contributed by atoms with E-state index in [1.165, 1.54) is 6.20 Å². The number of aromatic carboxylic acids is 1. The summed E-state index contributed by atoms with van der Waals surface area (Å²) in [6.45, 7) is 1.88. The van der Waals surface area contributed by atoms with Gasteiger partial charge in [0.2, 0.25) is 0 Å². The van der Waals surface area contributed by atoms with Crippen LogP contribution in [0.15, 0.2) is 23.3 Å². The smallest absolute Gasteiger partial charge is 0.356 e. The standard InChI is InChI=1S/C12H14N4O2/c1-8-9(13-7-15(2)3)4-5-11-14-10(12(17)18)6-16(8)11/h4-7H,1-3H3,(H,17,18). The van der Waals surface area contributed by atoms with Crippen LogP contribution < -0.4 is 0 Å². The van der Waals surface area contributed by atoms with E-state index < -0.39 is 5.97 Å². The third kappa shape index (κ3) is 2.17. The molecule has 1 N–H and O–H groups in total. The van der Waals surface area contributed by atoms with Crippen molar-refractivity contribution in [1.82, 2.24) is 14.3 Å². The maximum Gasteiger partial charge on any atom is 0.356 e. The molecule has 0 amide bonds. The quantitative estimate of drug-likeness (QED) is 0.659.